The lowest BCUT2D eigenvalue weighted by Crippen LogP contribution is -2.52. The molecule has 1 saturated heterocycles. The Kier molecular flexibility index (Phi) is 3.96. The third-order valence-corrected chi connectivity index (χ3v) is 6.53. The molecule has 136 valence electrons. The Morgan fingerprint density at radius 1 is 1.19 bits per heavy atom. The van der Waals surface area contributed by atoms with E-state index < -0.39 is 0 Å². The van der Waals surface area contributed by atoms with Gasteiger partial charge in [-0.05, 0) is 49.1 Å². The predicted octanol–water partition coefficient (Wildman–Crippen LogP) is 4.03. The molecule has 0 unspecified atom stereocenters. The van der Waals surface area contributed by atoms with Crippen LogP contribution in [0.15, 0.2) is 30.5 Å². The molecule has 1 spiro atoms. The molecule has 0 atom stereocenters. The molecule has 4 nitrogen and oxygen atoms in total. The summed E-state index contributed by atoms with van der Waals surface area (Å²) in [6.45, 7) is 4.50. The normalized spacial score (nSPS) is 22.0. The first-order valence-electron chi connectivity index (χ1n) is 10.1. The van der Waals surface area contributed by atoms with Crippen molar-refractivity contribution in [2.24, 2.45) is 0 Å². The number of aromatic nitrogens is 2. The van der Waals surface area contributed by atoms with Gasteiger partial charge in [0.25, 0.3) is 0 Å². The summed E-state index contributed by atoms with van der Waals surface area (Å²) in [5.41, 5.74) is 3.54. The molecule has 1 aliphatic carbocycles. The summed E-state index contributed by atoms with van der Waals surface area (Å²) in [5, 5.41) is 0. The van der Waals surface area contributed by atoms with Crippen LogP contribution in [0.4, 0.5) is 0 Å². The molecular weight excluding hydrogens is 322 g/mol. The van der Waals surface area contributed by atoms with E-state index in [2.05, 4.69) is 40.0 Å². The lowest BCUT2D eigenvalue weighted by atomic mass is 9.83. The van der Waals surface area contributed by atoms with Crippen LogP contribution in [0, 0.1) is 0 Å². The van der Waals surface area contributed by atoms with Crippen molar-refractivity contribution in [2.45, 2.75) is 63.5 Å². The Morgan fingerprint density at radius 3 is 2.77 bits per heavy atom. The maximum absolute atomic E-state index is 6.48. The molecule has 0 radical (unpaired) electrons. The molecular formula is C22H27N3O. The van der Waals surface area contributed by atoms with Crippen molar-refractivity contribution in [1.29, 1.82) is 0 Å². The van der Waals surface area contributed by atoms with Crippen LogP contribution in [0.5, 0.6) is 5.75 Å². The average molecular weight is 349 g/mol. The summed E-state index contributed by atoms with van der Waals surface area (Å²) >= 11 is 0. The van der Waals surface area contributed by atoms with E-state index in [4.69, 9.17) is 4.74 Å². The van der Waals surface area contributed by atoms with Crippen LogP contribution in [-0.4, -0.2) is 39.6 Å². The van der Waals surface area contributed by atoms with Crippen molar-refractivity contribution >= 4 is 0 Å². The summed E-state index contributed by atoms with van der Waals surface area (Å²) in [5.74, 6) is 1.89. The Hall–Kier alpha value is -1.94. The van der Waals surface area contributed by atoms with Crippen molar-refractivity contribution in [3.63, 3.8) is 0 Å². The smallest absolute Gasteiger partial charge is 0.159 e. The number of rotatable bonds is 3. The van der Waals surface area contributed by atoms with Gasteiger partial charge in [-0.2, -0.15) is 0 Å². The van der Waals surface area contributed by atoms with Crippen molar-refractivity contribution in [3.8, 4) is 17.1 Å². The van der Waals surface area contributed by atoms with Gasteiger partial charge < -0.3 is 9.64 Å². The number of hydrogen-bond donors (Lipinski definition) is 0. The fourth-order valence-corrected chi connectivity index (χ4v) is 4.63. The Morgan fingerprint density at radius 2 is 2.04 bits per heavy atom. The molecule has 1 aromatic heterocycles. The fourth-order valence-electron chi connectivity index (χ4n) is 4.63. The van der Waals surface area contributed by atoms with E-state index in [1.807, 2.05) is 12.3 Å². The summed E-state index contributed by atoms with van der Waals surface area (Å²) in [7, 11) is 0. The number of fused-ring (bicyclic) bond motifs is 1. The highest BCUT2D eigenvalue weighted by Gasteiger charge is 2.43. The number of ether oxygens (including phenoxy) is 1. The predicted molar refractivity (Wildman–Crippen MR) is 102 cm³/mol. The van der Waals surface area contributed by atoms with Crippen LogP contribution in [0.3, 0.4) is 0 Å². The van der Waals surface area contributed by atoms with Crippen molar-refractivity contribution in [3.05, 3.63) is 41.7 Å². The molecule has 26 heavy (non-hydrogen) atoms. The minimum atomic E-state index is 0.0212. The topological polar surface area (TPSA) is 38.2 Å². The summed E-state index contributed by atoms with van der Waals surface area (Å²) in [6.07, 6.45) is 10.3. The second-order valence-electron chi connectivity index (χ2n) is 8.13. The monoisotopic (exact) mass is 349 g/mol. The van der Waals surface area contributed by atoms with Crippen LogP contribution in [0.2, 0.25) is 0 Å². The first kappa shape index (κ1) is 16.2. The molecule has 2 fully saturated rings. The number of nitrogens with zero attached hydrogens (tertiary/aromatic N) is 3. The second kappa shape index (κ2) is 6.34. The molecule has 4 heteroatoms. The van der Waals surface area contributed by atoms with Gasteiger partial charge in [-0.25, -0.2) is 9.97 Å². The third kappa shape index (κ3) is 2.81. The average Bonchev–Trinajstić information content (AvgIpc) is 2.99. The molecule has 2 aliphatic heterocycles. The van der Waals surface area contributed by atoms with E-state index in [1.165, 1.54) is 37.9 Å². The second-order valence-corrected chi connectivity index (χ2v) is 8.13. The molecule has 1 aromatic carbocycles. The quantitative estimate of drug-likeness (QED) is 0.839. The van der Waals surface area contributed by atoms with E-state index in [1.54, 1.807) is 0 Å². The van der Waals surface area contributed by atoms with Crippen LogP contribution < -0.4 is 4.74 Å². The number of hydrogen-bond acceptors (Lipinski definition) is 4. The van der Waals surface area contributed by atoms with Gasteiger partial charge in [-0.15, -0.1) is 0 Å². The van der Waals surface area contributed by atoms with Crippen LogP contribution in [0.25, 0.3) is 11.4 Å². The van der Waals surface area contributed by atoms with Crippen molar-refractivity contribution < 1.29 is 4.74 Å². The zero-order chi connectivity index (χ0) is 17.6. The van der Waals surface area contributed by atoms with E-state index in [-0.39, 0.29) is 5.60 Å². The van der Waals surface area contributed by atoms with E-state index in [0.717, 1.165) is 54.6 Å². The highest BCUT2D eigenvalue weighted by molar-refractivity contribution is 5.60. The minimum Gasteiger partial charge on any atom is -0.487 e. The Labute approximate surface area is 155 Å². The summed E-state index contributed by atoms with van der Waals surface area (Å²) < 4.78 is 6.48. The third-order valence-electron chi connectivity index (χ3n) is 6.53. The van der Waals surface area contributed by atoms with Crippen molar-refractivity contribution in [2.75, 3.05) is 13.1 Å². The van der Waals surface area contributed by atoms with Crippen molar-refractivity contribution in [1.82, 2.24) is 14.9 Å². The zero-order valence-corrected chi connectivity index (χ0v) is 15.6. The highest BCUT2D eigenvalue weighted by atomic mass is 16.5. The van der Waals surface area contributed by atoms with E-state index in [0.29, 0.717) is 0 Å². The Bertz CT molecular complexity index is 807. The SMILES string of the molecule is CCc1ccnc(-c2ccc3c(c2)CC2(CCN(C4CCC4)CC2)O3)n1. The van der Waals surface area contributed by atoms with Gasteiger partial charge >= 0.3 is 0 Å². The number of aryl methyl sites for hydroxylation is 1. The highest BCUT2D eigenvalue weighted by Crippen LogP contribution is 2.43. The lowest BCUT2D eigenvalue weighted by Gasteiger charge is -2.45. The van der Waals surface area contributed by atoms with Gasteiger partial charge in [0, 0.05) is 55.8 Å². The largest absolute Gasteiger partial charge is 0.487 e. The lowest BCUT2D eigenvalue weighted by molar-refractivity contribution is -0.00746. The standard InChI is InChI=1S/C22H27N3O/c1-2-18-8-11-23-21(24-18)16-6-7-20-17(14-16)15-22(26-20)9-12-25(13-10-22)19-4-3-5-19/h6-8,11,14,19H,2-5,9-10,12-13,15H2,1H3. The van der Waals surface area contributed by atoms with Crippen LogP contribution in [0.1, 0.15) is 50.3 Å². The zero-order valence-electron chi connectivity index (χ0n) is 15.6. The number of piperidine rings is 1. The molecule has 3 heterocycles. The summed E-state index contributed by atoms with van der Waals surface area (Å²) in [4.78, 5) is 11.8. The summed E-state index contributed by atoms with van der Waals surface area (Å²) in [6, 6.07) is 9.32. The molecule has 1 saturated carbocycles. The molecule has 2 aromatic rings. The molecule has 0 N–H and O–H groups in total. The van der Waals surface area contributed by atoms with Gasteiger partial charge in [-0.1, -0.05) is 13.3 Å². The first-order chi connectivity index (χ1) is 12.7. The molecule has 0 amide bonds. The number of benzene rings is 1. The minimum absolute atomic E-state index is 0.0212. The van der Waals surface area contributed by atoms with Gasteiger partial charge in [0.05, 0.1) is 0 Å². The molecule has 3 aliphatic rings. The Balaban J connectivity index is 1.33. The van der Waals surface area contributed by atoms with Gasteiger partial charge in [0.15, 0.2) is 5.82 Å². The molecule has 0 bridgehead atoms. The number of likely N-dealkylation sites (tertiary alicyclic amines) is 1. The van der Waals surface area contributed by atoms with Crippen LogP contribution in [-0.2, 0) is 12.8 Å². The van der Waals surface area contributed by atoms with E-state index >= 15 is 0 Å². The van der Waals surface area contributed by atoms with E-state index in [9.17, 15) is 0 Å². The first-order valence-corrected chi connectivity index (χ1v) is 10.1. The maximum atomic E-state index is 6.48. The van der Waals surface area contributed by atoms with Gasteiger partial charge in [-0.3, -0.25) is 0 Å². The van der Waals surface area contributed by atoms with Gasteiger partial charge in [0.1, 0.15) is 11.4 Å². The maximum Gasteiger partial charge on any atom is 0.159 e. The van der Waals surface area contributed by atoms with Gasteiger partial charge in [0.2, 0.25) is 0 Å². The molecule has 5 rings (SSSR count). The fraction of sp³-hybridized carbons (Fsp3) is 0.545. The van der Waals surface area contributed by atoms with Crippen LogP contribution >= 0.6 is 0 Å².